The summed E-state index contributed by atoms with van der Waals surface area (Å²) in [6, 6.07) is 9.52. The molecule has 0 heterocycles. The topological polar surface area (TPSA) is 104 Å². The van der Waals surface area contributed by atoms with Crippen molar-refractivity contribution in [1.29, 1.82) is 0 Å². The molecule has 246 valence electrons. The number of benzene rings is 1. The third-order valence-corrected chi connectivity index (χ3v) is 10.9. The summed E-state index contributed by atoms with van der Waals surface area (Å²) >= 11 is 0. The lowest BCUT2D eigenvalue weighted by Gasteiger charge is -2.42. The van der Waals surface area contributed by atoms with Gasteiger partial charge in [0.25, 0.3) is 0 Å². The van der Waals surface area contributed by atoms with Crippen molar-refractivity contribution in [2.45, 2.75) is 103 Å². The molecule has 0 saturated heterocycles. The minimum absolute atomic E-state index is 0.00784. The predicted molar refractivity (Wildman–Crippen MR) is 176 cm³/mol. The van der Waals surface area contributed by atoms with Gasteiger partial charge in [0.15, 0.2) is 0 Å². The molecule has 6 nitrogen and oxygen atoms in total. The number of ether oxygens (including phenoxy) is 1. The van der Waals surface area contributed by atoms with Crippen molar-refractivity contribution in [2.24, 2.45) is 35.5 Å². The molecule has 0 spiro atoms. The molecule has 0 bridgehead atoms. The fraction of sp³-hybridized carbons (Fsp3) is 0.684. The van der Waals surface area contributed by atoms with E-state index in [9.17, 15) is 14.7 Å². The van der Waals surface area contributed by atoms with E-state index >= 15 is 0 Å². The van der Waals surface area contributed by atoms with Crippen LogP contribution in [0.4, 0.5) is 0 Å². The lowest BCUT2D eigenvalue weighted by molar-refractivity contribution is -0.142. The molecule has 0 aliphatic heterocycles. The van der Waals surface area contributed by atoms with Gasteiger partial charge in [-0.15, -0.1) is 0 Å². The van der Waals surface area contributed by atoms with Gasteiger partial charge in [-0.05, 0) is 130 Å². The summed E-state index contributed by atoms with van der Waals surface area (Å²) in [5.41, 5.74) is 3.34. The number of aliphatic hydroxyl groups is 3. The summed E-state index contributed by atoms with van der Waals surface area (Å²) in [7, 11) is 0. The molecule has 1 aromatic rings. The summed E-state index contributed by atoms with van der Waals surface area (Å²) in [4.78, 5) is 21.3. The highest BCUT2D eigenvalue weighted by Crippen LogP contribution is 2.47. The van der Waals surface area contributed by atoms with Crippen molar-refractivity contribution in [3.63, 3.8) is 0 Å². The van der Waals surface area contributed by atoms with Gasteiger partial charge in [-0.1, -0.05) is 50.8 Å². The minimum atomic E-state index is -0.550. The zero-order chi connectivity index (χ0) is 31.9. The first-order valence-electron chi connectivity index (χ1n) is 17.2. The van der Waals surface area contributed by atoms with Gasteiger partial charge < -0.3 is 20.1 Å². The first-order chi connectivity index (χ1) is 21.3. The number of aliphatic hydroxyl groups excluding tert-OH is 3. The van der Waals surface area contributed by atoms with Gasteiger partial charge in [-0.25, -0.2) is 4.79 Å². The SMILES string of the molecule is C=C(C=O)CO.C=C(CO)C(=O)OCC(CO)C1CCC(C2CCC(C3CCC(c4ccc(CCC)cc4)CC3)CC2)CC1. The number of carbonyl (C=O) groups excluding carboxylic acids is 2. The highest BCUT2D eigenvalue weighted by molar-refractivity contribution is 5.87. The number of esters is 1. The molecule has 6 heteroatoms. The summed E-state index contributed by atoms with van der Waals surface area (Å²) in [5.74, 6) is 4.22. The maximum atomic E-state index is 11.8. The molecular weight excluding hydrogens is 552 g/mol. The van der Waals surface area contributed by atoms with E-state index in [0.29, 0.717) is 12.2 Å². The molecular formula is C38H58O6. The second-order valence-electron chi connectivity index (χ2n) is 13.7. The molecule has 3 fully saturated rings. The number of hydrogen-bond acceptors (Lipinski definition) is 6. The molecule has 4 rings (SSSR count). The van der Waals surface area contributed by atoms with Gasteiger partial charge in [0.05, 0.1) is 25.4 Å². The number of aryl methyl sites for hydroxylation is 1. The maximum absolute atomic E-state index is 11.8. The van der Waals surface area contributed by atoms with Gasteiger partial charge in [0.2, 0.25) is 0 Å². The monoisotopic (exact) mass is 610 g/mol. The van der Waals surface area contributed by atoms with E-state index in [2.05, 4.69) is 44.3 Å². The second-order valence-corrected chi connectivity index (χ2v) is 13.7. The zero-order valence-electron chi connectivity index (χ0n) is 27.1. The van der Waals surface area contributed by atoms with Crippen molar-refractivity contribution in [3.05, 3.63) is 59.7 Å². The number of aldehydes is 1. The molecule has 1 aromatic carbocycles. The van der Waals surface area contributed by atoms with Crippen LogP contribution < -0.4 is 0 Å². The first kappa shape index (κ1) is 36.2. The third kappa shape index (κ3) is 11.0. The Morgan fingerprint density at radius 3 is 1.73 bits per heavy atom. The van der Waals surface area contributed by atoms with Crippen molar-refractivity contribution in [2.75, 3.05) is 26.4 Å². The van der Waals surface area contributed by atoms with E-state index < -0.39 is 5.97 Å². The van der Waals surface area contributed by atoms with Crippen LogP contribution in [0, 0.1) is 35.5 Å². The van der Waals surface area contributed by atoms with Crippen LogP contribution in [-0.2, 0) is 20.7 Å². The van der Waals surface area contributed by atoms with Crippen LogP contribution in [0.25, 0.3) is 0 Å². The van der Waals surface area contributed by atoms with Crippen LogP contribution in [0.15, 0.2) is 48.6 Å². The molecule has 3 aliphatic rings. The van der Waals surface area contributed by atoms with Gasteiger partial charge in [-0.2, -0.15) is 0 Å². The molecule has 0 amide bonds. The smallest absolute Gasteiger partial charge is 0.335 e. The van der Waals surface area contributed by atoms with Crippen molar-refractivity contribution >= 4 is 12.3 Å². The molecule has 0 aromatic heterocycles. The van der Waals surface area contributed by atoms with Gasteiger partial charge in [0, 0.05) is 18.1 Å². The second kappa shape index (κ2) is 19.3. The predicted octanol–water partition coefficient (Wildman–Crippen LogP) is 6.96. The van der Waals surface area contributed by atoms with Gasteiger partial charge in [0.1, 0.15) is 6.29 Å². The van der Waals surface area contributed by atoms with Crippen LogP contribution in [-0.4, -0.2) is 54.0 Å². The maximum Gasteiger partial charge on any atom is 0.335 e. The van der Waals surface area contributed by atoms with E-state index in [1.165, 1.54) is 82.6 Å². The van der Waals surface area contributed by atoms with Gasteiger partial charge in [-0.3, -0.25) is 4.79 Å². The quantitative estimate of drug-likeness (QED) is 0.127. The van der Waals surface area contributed by atoms with Crippen molar-refractivity contribution in [1.82, 2.24) is 0 Å². The highest BCUT2D eigenvalue weighted by atomic mass is 16.5. The molecule has 3 N–H and O–H groups in total. The number of carbonyl (C=O) groups is 2. The highest BCUT2D eigenvalue weighted by Gasteiger charge is 2.36. The molecule has 1 atom stereocenters. The normalized spacial score (nSPS) is 27.7. The molecule has 3 aliphatic carbocycles. The number of hydrogen-bond donors (Lipinski definition) is 3. The Morgan fingerprint density at radius 2 is 1.32 bits per heavy atom. The molecule has 0 radical (unpaired) electrons. The minimum Gasteiger partial charge on any atom is -0.462 e. The van der Waals surface area contributed by atoms with E-state index in [0.717, 1.165) is 42.4 Å². The van der Waals surface area contributed by atoms with E-state index in [1.807, 2.05) is 0 Å². The first-order valence-corrected chi connectivity index (χ1v) is 17.2. The van der Waals surface area contributed by atoms with Crippen molar-refractivity contribution < 1.29 is 29.6 Å². The van der Waals surface area contributed by atoms with E-state index in [1.54, 1.807) is 5.56 Å². The van der Waals surface area contributed by atoms with Crippen LogP contribution in [0.1, 0.15) is 107 Å². The average Bonchev–Trinajstić information content (AvgIpc) is 3.09. The van der Waals surface area contributed by atoms with Crippen molar-refractivity contribution in [3.8, 4) is 0 Å². The summed E-state index contributed by atoms with van der Waals surface area (Å²) in [6.45, 7) is 8.60. The standard InChI is InChI=1S/C34H52O4.C4H6O2/c1-3-4-25-5-7-26(8-6-25)27-9-11-28(12-10-27)29-13-15-30(16-14-29)31-17-19-32(20-18-31)33(22-36)23-38-34(37)24(2)21-35;1-4(2-5)3-6/h5-8,27-33,35-36H,2-4,9-23H2,1H3;2,6H,1,3H2. The Labute approximate surface area is 266 Å². The largest absolute Gasteiger partial charge is 0.462 e. The van der Waals surface area contributed by atoms with Crippen LogP contribution in [0.5, 0.6) is 0 Å². The van der Waals surface area contributed by atoms with Gasteiger partial charge >= 0.3 is 5.97 Å². The summed E-state index contributed by atoms with van der Waals surface area (Å²) < 4.78 is 5.30. The third-order valence-electron chi connectivity index (χ3n) is 10.9. The fourth-order valence-electron chi connectivity index (χ4n) is 8.07. The van der Waals surface area contributed by atoms with Crippen LogP contribution in [0.2, 0.25) is 0 Å². The Hall–Kier alpha value is -2.28. The summed E-state index contributed by atoms with van der Waals surface area (Å²) in [5, 5.41) is 27.0. The molecule has 1 unspecified atom stereocenters. The molecule has 3 saturated carbocycles. The lowest BCUT2D eigenvalue weighted by atomic mass is 9.64. The van der Waals surface area contributed by atoms with E-state index in [-0.39, 0.29) is 43.5 Å². The Bertz CT molecular complexity index is 1010. The van der Waals surface area contributed by atoms with Crippen LogP contribution in [0.3, 0.4) is 0 Å². The average molecular weight is 611 g/mol. The molecule has 44 heavy (non-hydrogen) atoms. The number of rotatable bonds is 13. The fourth-order valence-corrected chi connectivity index (χ4v) is 8.07. The lowest BCUT2D eigenvalue weighted by Crippen LogP contribution is -2.32. The Balaban J connectivity index is 0.000000801. The van der Waals surface area contributed by atoms with Crippen LogP contribution >= 0.6 is 0 Å². The van der Waals surface area contributed by atoms with E-state index in [4.69, 9.17) is 14.9 Å². The Kier molecular flexibility index (Phi) is 15.9. The Morgan fingerprint density at radius 1 is 0.818 bits per heavy atom. The summed E-state index contributed by atoms with van der Waals surface area (Å²) in [6.07, 6.45) is 18.9. The zero-order valence-corrected chi connectivity index (χ0v) is 27.1.